The van der Waals surface area contributed by atoms with Gasteiger partial charge in [-0.05, 0) is 33.0 Å². The van der Waals surface area contributed by atoms with E-state index in [1.165, 1.54) is 0 Å². The van der Waals surface area contributed by atoms with Gasteiger partial charge in [-0.1, -0.05) is 24.4 Å². The molecule has 0 heterocycles. The lowest BCUT2D eigenvalue weighted by atomic mass is 10.1. The molecule has 0 aromatic heterocycles. The topological polar surface area (TPSA) is 58.7 Å². The Kier molecular flexibility index (Phi) is 5.72. The molecule has 5 heteroatoms. The van der Waals surface area contributed by atoms with Gasteiger partial charge in [0.2, 0.25) is 0 Å². The second-order valence-corrected chi connectivity index (χ2v) is 5.54. The van der Waals surface area contributed by atoms with Gasteiger partial charge in [0.05, 0.1) is 12.2 Å². The monoisotopic (exact) mass is 282 g/mol. The van der Waals surface area contributed by atoms with Gasteiger partial charge in [-0.3, -0.25) is 4.90 Å². The molecule has 0 saturated heterocycles. The fourth-order valence-corrected chi connectivity index (χ4v) is 1.68. The van der Waals surface area contributed by atoms with Crippen LogP contribution < -0.4 is 10.5 Å². The van der Waals surface area contributed by atoms with E-state index >= 15 is 0 Å². The summed E-state index contributed by atoms with van der Waals surface area (Å²) >= 11 is 4.98. The number of nitrogens with zero attached hydrogens (tertiary/aromatic N) is 1. The van der Waals surface area contributed by atoms with Crippen LogP contribution in [-0.2, 0) is 0 Å². The van der Waals surface area contributed by atoms with Crippen LogP contribution in [-0.4, -0.2) is 47.3 Å². The first-order valence-electron chi connectivity index (χ1n) is 6.22. The Balaban J connectivity index is 2.57. The molecule has 1 rings (SSSR count). The summed E-state index contributed by atoms with van der Waals surface area (Å²) in [7, 11) is 1.96. The minimum Gasteiger partial charge on any atom is -0.492 e. The van der Waals surface area contributed by atoms with Crippen LogP contribution in [0.5, 0.6) is 5.75 Å². The fourth-order valence-electron chi connectivity index (χ4n) is 1.51. The molecule has 3 N–H and O–H groups in total. The van der Waals surface area contributed by atoms with Crippen molar-refractivity contribution in [3.8, 4) is 5.75 Å². The Labute approximate surface area is 120 Å². The maximum atomic E-state index is 9.28. The average molecular weight is 282 g/mol. The largest absolute Gasteiger partial charge is 0.492 e. The summed E-state index contributed by atoms with van der Waals surface area (Å²) in [5.41, 5.74) is 6.14. The molecule has 0 saturated carbocycles. The minimum absolute atomic E-state index is 0.104. The molecule has 0 unspecified atom stereocenters. The third-order valence-electron chi connectivity index (χ3n) is 3.26. The van der Waals surface area contributed by atoms with E-state index in [9.17, 15) is 5.11 Å². The second kappa shape index (κ2) is 6.84. The molecule has 4 nitrogen and oxygen atoms in total. The van der Waals surface area contributed by atoms with Gasteiger partial charge in [-0.2, -0.15) is 0 Å². The lowest BCUT2D eigenvalue weighted by Crippen LogP contribution is -2.45. The van der Waals surface area contributed by atoms with Crippen LogP contribution in [0, 0.1) is 0 Å². The zero-order chi connectivity index (χ0) is 14.5. The fraction of sp³-hybridized carbons (Fsp3) is 0.500. The van der Waals surface area contributed by atoms with Gasteiger partial charge in [-0.15, -0.1) is 0 Å². The molecule has 106 valence electrons. The number of aliphatic hydroxyl groups is 1. The Morgan fingerprint density at radius 1 is 1.42 bits per heavy atom. The van der Waals surface area contributed by atoms with Crippen LogP contribution >= 0.6 is 12.2 Å². The SMILES string of the molecule is CN(CCOc1ccccc1C(N)=S)C(C)(C)CO. The smallest absolute Gasteiger partial charge is 0.129 e. The van der Waals surface area contributed by atoms with Gasteiger partial charge in [0.15, 0.2) is 0 Å². The van der Waals surface area contributed by atoms with Crippen LogP contribution in [0.4, 0.5) is 0 Å². The van der Waals surface area contributed by atoms with E-state index in [0.29, 0.717) is 23.9 Å². The van der Waals surface area contributed by atoms with E-state index in [-0.39, 0.29) is 12.1 Å². The van der Waals surface area contributed by atoms with Crippen molar-refractivity contribution in [3.05, 3.63) is 29.8 Å². The van der Waals surface area contributed by atoms with Gasteiger partial charge >= 0.3 is 0 Å². The third-order valence-corrected chi connectivity index (χ3v) is 3.48. The Morgan fingerprint density at radius 3 is 2.63 bits per heavy atom. The van der Waals surface area contributed by atoms with E-state index in [2.05, 4.69) is 4.90 Å². The van der Waals surface area contributed by atoms with E-state index in [1.807, 2.05) is 45.2 Å². The van der Waals surface area contributed by atoms with Crippen LogP contribution in [0.25, 0.3) is 0 Å². The summed E-state index contributed by atoms with van der Waals surface area (Å²) in [6.07, 6.45) is 0. The number of aliphatic hydroxyl groups excluding tert-OH is 1. The summed E-state index contributed by atoms with van der Waals surface area (Å²) in [4.78, 5) is 2.38. The van der Waals surface area contributed by atoms with E-state index in [1.54, 1.807) is 0 Å². The van der Waals surface area contributed by atoms with Crippen molar-refractivity contribution in [2.24, 2.45) is 5.73 Å². The molecule has 0 spiro atoms. The molecule has 0 aliphatic heterocycles. The maximum absolute atomic E-state index is 9.28. The number of likely N-dealkylation sites (N-methyl/N-ethyl adjacent to an activating group) is 1. The van der Waals surface area contributed by atoms with Gasteiger partial charge < -0.3 is 15.6 Å². The molecule has 0 aliphatic rings. The normalized spacial score (nSPS) is 11.6. The predicted molar refractivity (Wildman–Crippen MR) is 81.6 cm³/mol. The lowest BCUT2D eigenvalue weighted by Gasteiger charge is -2.33. The highest BCUT2D eigenvalue weighted by Gasteiger charge is 2.21. The van der Waals surface area contributed by atoms with Crippen LogP contribution in [0.1, 0.15) is 19.4 Å². The number of benzene rings is 1. The number of thiocarbonyl (C=S) groups is 1. The molecule has 1 aromatic carbocycles. The van der Waals surface area contributed by atoms with Crippen LogP contribution in [0.15, 0.2) is 24.3 Å². The van der Waals surface area contributed by atoms with E-state index in [0.717, 1.165) is 5.56 Å². The van der Waals surface area contributed by atoms with Gasteiger partial charge in [0.25, 0.3) is 0 Å². The first-order valence-corrected chi connectivity index (χ1v) is 6.63. The minimum atomic E-state index is -0.258. The van der Waals surface area contributed by atoms with E-state index < -0.39 is 0 Å². The van der Waals surface area contributed by atoms with Crippen LogP contribution in [0.2, 0.25) is 0 Å². The molecule has 1 aromatic rings. The first kappa shape index (κ1) is 15.9. The molecule has 0 radical (unpaired) electrons. The number of rotatable bonds is 7. The summed E-state index contributed by atoms with van der Waals surface area (Å²) in [5, 5.41) is 9.28. The molecule has 0 fully saturated rings. The van der Waals surface area contributed by atoms with E-state index in [4.69, 9.17) is 22.7 Å². The second-order valence-electron chi connectivity index (χ2n) is 5.10. The van der Waals surface area contributed by atoms with Gasteiger partial charge in [0.1, 0.15) is 17.3 Å². The molecule has 0 aliphatic carbocycles. The molecule has 0 amide bonds. The predicted octanol–water partition coefficient (Wildman–Crippen LogP) is 1.40. The van der Waals surface area contributed by atoms with Gasteiger partial charge in [-0.25, -0.2) is 0 Å². The average Bonchev–Trinajstić information content (AvgIpc) is 2.38. The number of hydrogen-bond donors (Lipinski definition) is 2. The summed E-state index contributed by atoms with van der Waals surface area (Å²) in [6.45, 7) is 5.29. The zero-order valence-corrected chi connectivity index (χ0v) is 12.5. The molecule has 0 bridgehead atoms. The van der Waals surface area contributed by atoms with Crippen molar-refractivity contribution in [1.82, 2.24) is 4.90 Å². The van der Waals surface area contributed by atoms with Gasteiger partial charge in [0, 0.05) is 12.1 Å². The Morgan fingerprint density at radius 2 is 2.05 bits per heavy atom. The summed E-state index contributed by atoms with van der Waals surface area (Å²) in [5.74, 6) is 0.699. The summed E-state index contributed by atoms with van der Waals surface area (Å²) < 4.78 is 5.72. The van der Waals surface area contributed by atoms with Crippen molar-refractivity contribution in [1.29, 1.82) is 0 Å². The highest BCUT2D eigenvalue weighted by Crippen LogP contribution is 2.18. The summed E-state index contributed by atoms with van der Waals surface area (Å²) in [6, 6.07) is 7.46. The first-order chi connectivity index (χ1) is 8.88. The van der Waals surface area contributed by atoms with Crippen molar-refractivity contribution < 1.29 is 9.84 Å². The zero-order valence-electron chi connectivity index (χ0n) is 11.7. The van der Waals surface area contributed by atoms with Crippen molar-refractivity contribution in [3.63, 3.8) is 0 Å². The molecule has 0 atom stereocenters. The van der Waals surface area contributed by atoms with Crippen molar-refractivity contribution in [2.75, 3.05) is 26.8 Å². The van der Waals surface area contributed by atoms with Crippen molar-refractivity contribution >= 4 is 17.2 Å². The third kappa shape index (κ3) is 4.45. The number of para-hydroxylation sites is 1. The highest BCUT2D eigenvalue weighted by molar-refractivity contribution is 7.80. The van der Waals surface area contributed by atoms with Crippen LogP contribution in [0.3, 0.4) is 0 Å². The molecular weight excluding hydrogens is 260 g/mol. The Hall–Kier alpha value is -1.17. The standard InChI is InChI=1S/C14H22N2O2S/c1-14(2,10-17)16(3)8-9-18-12-7-5-4-6-11(12)13(15)19/h4-7,17H,8-10H2,1-3H3,(H2,15,19). The molecular formula is C14H22N2O2S. The quantitative estimate of drug-likeness (QED) is 0.740. The molecule has 19 heavy (non-hydrogen) atoms. The lowest BCUT2D eigenvalue weighted by molar-refractivity contribution is 0.0678. The highest BCUT2D eigenvalue weighted by atomic mass is 32.1. The maximum Gasteiger partial charge on any atom is 0.129 e. The number of ether oxygens (including phenoxy) is 1. The number of nitrogens with two attached hydrogens (primary N) is 1. The number of hydrogen-bond acceptors (Lipinski definition) is 4. The Bertz CT molecular complexity index is 435. The van der Waals surface area contributed by atoms with Crippen molar-refractivity contribution in [2.45, 2.75) is 19.4 Å².